The van der Waals surface area contributed by atoms with Crippen LogP contribution in [0.3, 0.4) is 0 Å². The fraction of sp³-hybridized carbons (Fsp3) is 0.750. The number of carbonyl (C=O) groups excluding carboxylic acids is 2. The van der Waals surface area contributed by atoms with Gasteiger partial charge in [-0.15, -0.1) is 0 Å². The molecule has 0 aliphatic carbocycles. The highest BCUT2D eigenvalue weighted by molar-refractivity contribution is 6.07. The van der Waals surface area contributed by atoms with Gasteiger partial charge >= 0.3 is 0 Å². The van der Waals surface area contributed by atoms with Crippen molar-refractivity contribution in [3.05, 3.63) is 0 Å². The number of ketones is 1. The van der Waals surface area contributed by atoms with Crippen LogP contribution in [0.5, 0.6) is 0 Å². The second-order valence-electron chi connectivity index (χ2n) is 2.91. The maximum Gasteiger partial charge on any atom is 0.228 e. The fourth-order valence-corrected chi connectivity index (χ4v) is 1.25. The summed E-state index contributed by atoms with van der Waals surface area (Å²) in [6, 6.07) is -0.178. The van der Waals surface area contributed by atoms with Gasteiger partial charge in [-0.3, -0.25) is 9.59 Å². The summed E-state index contributed by atoms with van der Waals surface area (Å²) in [4.78, 5) is 21.7. The molecule has 0 radical (unpaired) electrons. The molecule has 1 aliphatic rings. The molecule has 1 saturated heterocycles. The molecule has 3 heteroatoms. The molecule has 1 unspecified atom stereocenters. The van der Waals surface area contributed by atoms with Crippen LogP contribution in [-0.2, 0) is 9.59 Å². The predicted octanol–water partition coefficient (Wildman–Crippen LogP) is 0.634. The Labute approximate surface area is 66.2 Å². The van der Waals surface area contributed by atoms with E-state index < -0.39 is 0 Å². The van der Waals surface area contributed by atoms with Crippen LogP contribution in [-0.4, -0.2) is 17.7 Å². The second kappa shape index (κ2) is 3.51. The molecule has 0 bridgehead atoms. The van der Waals surface area contributed by atoms with Crippen molar-refractivity contribution in [2.75, 3.05) is 0 Å². The SMILES string of the molecule is CCCCC1NC(=O)CC1=O. The summed E-state index contributed by atoms with van der Waals surface area (Å²) in [5.41, 5.74) is 0. The molecule has 0 saturated carbocycles. The molecule has 1 atom stereocenters. The fourth-order valence-electron chi connectivity index (χ4n) is 1.25. The lowest BCUT2D eigenvalue weighted by molar-refractivity contribution is -0.122. The lowest BCUT2D eigenvalue weighted by atomic mass is 10.1. The van der Waals surface area contributed by atoms with Gasteiger partial charge in [0.05, 0.1) is 12.5 Å². The summed E-state index contributed by atoms with van der Waals surface area (Å²) >= 11 is 0. The Bertz CT molecular complexity index is 177. The van der Waals surface area contributed by atoms with Crippen molar-refractivity contribution in [3.63, 3.8) is 0 Å². The van der Waals surface area contributed by atoms with E-state index >= 15 is 0 Å². The Hall–Kier alpha value is -0.860. The zero-order valence-corrected chi connectivity index (χ0v) is 6.72. The second-order valence-corrected chi connectivity index (χ2v) is 2.91. The molecular formula is C8H13NO2. The van der Waals surface area contributed by atoms with E-state index in [0.29, 0.717) is 0 Å². The van der Waals surface area contributed by atoms with Crippen molar-refractivity contribution in [2.45, 2.75) is 38.6 Å². The quantitative estimate of drug-likeness (QED) is 0.608. The Morgan fingerprint density at radius 2 is 2.27 bits per heavy atom. The van der Waals surface area contributed by atoms with Gasteiger partial charge in [-0.25, -0.2) is 0 Å². The van der Waals surface area contributed by atoms with Crippen LogP contribution in [0.2, 0.25) is 0 Å². The number of amides is 1. The van der Waals surface area contributed by atoms with Crippen LogP contribution in [0.25, 0.3) is 0 Å². The average molecular weight is 155 g/mol. The van der Waals surface area contributed by atoms with Crippen LogP contribution in [0, 0.1) is 0 Å². The number of hydrogen-bond donors (Lipinski definition) is 1. The normalized spacial score (nSPS) is 23.9. The number of carbonyl (C=O) groups is 2. The van der Waals surface area contributed by atoms with E-state index in [1.807, 2.05) is 0 Å². The van der Waals surface area contributed by atoms with Crippen LogP contribution in [0.1, 0.15) is 32.6 Å². The van der Waals surface area contributed by atoms with E-state index in [-0.39, 0.29) is 24.2 Å². The molecule has 1 aliphatic heterocycles. The first-order valence-electron chi connectivity index (χ1n) is 4.06. The van der Waals surface area contributed by atoms with E-state index in [0.717, 1.165) is 19.3 Å². The van der Waals surface area contributed by atoms with Gasteiger partial charge in [-0.05, 0) is 6.42 Å². The Kier molecular flexibility index (Phi) is 2.63. The third-order valence-electron chi connectivity index (χ3n) is 1.91. The Morgan fingerprint density at radius 3 is 2.73 bits per heavy atom. The smallest absolute Gasteiger partial charge is 0.228 e. The molecule has 1 fully saturated rings. The van der Waals surface area contributed by atoms with E-state index in [4.69, 9.17) is 0 Å². The largest absolute Gasteiger partial charge is 0.346 e. The van der Waals surface area contributed by atoms with Gasteiger partial charge in [0.15, 0.2) is 5.78 Å². The summed E-state index contributed by atoms with van der Waals surface area (Å²) in [6.07, 6.45) is 2.98. The van der Waals surface area contributed by atoms with E-state index in [1.165, 1.54) is 0 Å². The number of unbranched alkanes of at least 4 members (excludes halogenated alkanes) is 1. The highest BCUT2D eigenvalue weighted by Gasteiger charge is 2.28. The number of Topliss-reactive ketones (excluding diaryl/α,β-unsaturated/α-hetero) is 1. The lowest BCUT2D eigenvalue weighted by Crippen LogP contribution is -2.28. The summed E-state index contributed by atoms with van der Waals surface area (Å²) in [5, 5.41) is 2.65. The third-order valence-corrected chi connectivity index (χ3v) is 1.91. The summed E-state index contributed by atoms with van der Waals surface area (Å²) in [6.45, 7) is 2.07. The highest BCUT2D eigenvalue weighted by atomic mass is 16.2. The van der Waals surface area contributed by atoms with Gasteiger partial charge in [-0.2, -0.15) is 0 Å². The minimum absolute atomic E-state index is 0.0588. The molecule has 0 aromatic rings. The highest BCUT2D eigenvalue weighted by Crippen LogP contribution is 2.09. The molecule has 0 spiro atoms. The molecule has 3 nitrogen and oxygen atoms in total. The number of hydrogen-bond acceptors (Lipinski definition) is 2. The average Bonchev–Trinajstić information content (AvgIpc) is 2.26. The monoisotopic (exact) mass is 155 g/mol. The van der Waals surface area contributed by atoms with Crippen molar-refractivity contribution in [1.82, 2.24) is 5.32 Å². The van der Waals surface area contributed by atoms with Gasteiger partial charge in [0.1, 0.15) is 0 Å². The molecule has 11 heavy (non-hydrogen) atoms. The summed E-state index contributed by atoms with van der Waals surface area (Å²) < 4.78 is 0. The van der Waals surface area contributed by atoms with Crippen molar-refractivity contribution >= 4 is 11.7 Å². The standard InChI is InChI=1S/C8H13NO2/c1-2-3-4-6-7(10)5-8(11)9-6/h6H,2-5H2,1H3,(H,9,11). The van der Waals surface area contributed by atoms with Crippen molar-refractivity contribution in [2.24, 2.45) is 0 Å². The van der Waals surface area contributed by atoms with Gasteiger partial charge in [0.2, 0.25) is 5.91 Å². The van der Waals surface area contributed by atoms with Crippen LogP contribution < -0.4 is 5.32 Å². The minimum atomic E-state index is -0.178. The molecule has 1 rings (SSSR count). The first-order chi connectivity index (χ1) is 5.24. The first-order valence-corrected chi connectivity index (χ1v) is 4.06. The number of nitrogens with one attached hydrogen (secondary N) is 1. The van der Waals surface area contributed by atoms with Gasteiger partial charge < -0.3 is 5.32 Å². The van der Waals surface area contributed by atoms with Gasteiger partial charge in [0, 0.05) is 0 Å². The van der Waals surface area contributed by atoms with Gasteiger partial charge in [-0.1, -0.05) is 19.8 Å². The molecule has 0 aromatic carbocycles. The van der Waals surface area contributed by atoms with Gasteiger partial charge in [0.25, 0.3) is 0 Å². The zero-order valence-electron chi connectivity index (χ0n) is 6.72. The zero-order chi connectivity index (χ0) is 8.27. The summed E-state index contributed by atoms with van der Waals surface area (Å²) in [5.74, 6) is -0.0560. The van der Waals surface area contributed by atoms with Crippen LogP contribution >= 0.6 is 0 Å². The third kappa shape index (κ3) is 2.03. The Balaban J connectivity index is 2.34. The lowest BCUT2D eigenvalue weighted by Gasteiger charge is -2.05. The topological polar surface area (TPSA) is 46.2 Å². The minimum Gasteiger partial charge on any atom is -0.346 e. The molecular weight excluding hydrogens is 142 g/mol. The van der Waals surface area contributed by atoms with E-state index in [1.54, 1.807) is 0 Å². The van der Waals surface area contributed by atoms with Crippen LogP contribution in [0.15, 0.2) is 0 Å². The maximum absolute atomic E-state index is 11.0. The molecule has 1 N–H and O–H groups in total. The summed E-state index contributed by atoms with van der Waals surface area (Å²) in [7, 11) is 0. The molecule has 0 aromatic heterocycles. The van der Waals surface area contributed by atoms with E-state index in [2.05, 4.69) is 12.2 Å². The molecule has 1 amide bonds. The Morgan fingerprint density at radius 1 is 1.55 bits per heavy atom. The van der Waals surface area contributed by atoms with E-state index in [9.17, 15) is 9.59 Å². The first kappa shape index (κ1) is 8.24. The van der Waals surface area contributed by atoms with Crippen molar-refractivity contribution in [3.8, 4) is 0 Å². The molecule has 1 heterocycles. The maximum atomic E-state index is 11.0. The number of rotatable bonds is 3. The molecule has 62 valence electrons. The predicted molar refractivity (Wildman–Crippen MR) is 41.1 cm³/mol. The van der Waals surface area contributed by atoms with Crippen LogP contribution in [0.4, 0.5) is 0 Å². The van der Waals surface area contributed by atoms with Crippen molar-refractivity contribution < 1.29 is 9.59 Å². The van der Waals surface area contributed by atoms with Crippen molar-refractivity contribution in [1.29, 1.82) is 0 Å².